The van der Waals surface area contributed by atoms with Crippen LogP contribution in [0.3, 0.4) is 0 Å². The van der Waals surface area contributed by atoms with E-state index in [4.69, 9.17) is 11.6 Å². The van der Waals surface area contributed by atoms with Gasteiger partial charge in [-0.2, -0.15) is 11.8 Å². The SMILES string of the molecule is CN=C(NCc1ccc(Cl)cc1)NCc1ccc(N2CCSCC2)cc1.I. The largest absolute Gasteiger partial charge is 0.370 e. The molecular weight excluding hydrogens is 491 g/mol. The number of guanidine groups is 1. The Labute approximate surface area is 188 Å². The Morgan fingerprint density at radius 3 is 2.00 bits per heavy atom. The first-order chi connectivity index (χ1) is 12.7. The van der Waals surface area contributed by atoms with E-state index < -0.39 is 0 Å². The van der Waals surface area contributed by atoms with Gasteiger partial charge in [-0.3, -0.25) is 4.99 Å². The number of nitrogens with zero attached hydrogens (tertiary/aromatic N) is 2. The van der Waals surface area contributed by atoms with E-state index in [9.17, 15) is 0 Å². The Morgan fingerprint density at radius 1 is 0.963 bits per heavy atom. The van der Waals surface area contributed by atoms with Crippen LogP contribution in [0, 0.1) is 0 Å². The lowest BCUT2D eigenvalue weighted by atomic mass is 10.2. The van der Waals surface area contributed by atoms with Crippen molar-refractivity contribution in [2.45, 2.75) is 13.1 Å². The predicted octanol–water partition coefficient (Wildman–Crippen LogP) is 4.38. The normalized spacial score (nSPS) is 14.4. The van der Waals surface area contributed by atoms with Gasteiger partial charge in [-0.1, -0.05) is 35.9 Å². The molecule has 0 bridgehead atoms. The lowest BCUT2D eigenvalue weighted by Crippen LogP contribution is -2.36. The number of aliphatic imine (C=N–C) groups is 1. The highest BCUT2D eigenvalue weighted by molar-refractivity contribution is 14.0. The first-order valence-corrected chi connectivity index (χ1v) is 10.4. The van der Waals surface area contributed by atoms with Crippen LogP contribution in [0.25, 0.3) is 0 Å². The van der Waals surface area contributed by atoms with Crippen molar-refractivity contribution in [2.24, 2.45) is 4.99 Å². The Bertz CT molecular complexity index is 716. The van der Waals surface area contributed by atoms with Gasteiger partial charge in [0.1, 0.15) is 0 Å². The lowest BCUT2D eigenvalue weighted by Gasteiger charge is -2.28. The number of anilines is 1. The maximum Gasteiger partial charge on any atom is 0.191 e. The maximum absolute atomic E-state index is 5.92. The fourth-order valence-corrected chi connectivity index (χ4v) is 3.87. The molecule has 2 N–H and O–H groups in total. The van der Waals surface area contributed by atoms with E-state index in [1.807, 2.05) is 36.0 Å². The van der Waals surface area contributed by atoms with Crippen molar-refractivity contribution in [3.63, 3.8) is 0 Å². The molecule has 3 rings (SSSR count). The minimum Gasteiger partial charge on any atom is -0.370 e. The quantitative estimate of drug-likeness (QED) is 0.352. The molecule has 1 saturated heterocycles. The molecule has 27 heavy (non-hydrogen) atoms. The Kier molecular flexibility index (Phi) is 9.58. The summed E-state index contributed by atoms with van der Waals surface area (Å²) in [6, 6.07) is 16.6. The average Bonchev–Trinajstić information content (AvgIpc) is 2.70. The Balaban J connectivity index is 0.00000261. The fraction of sp³-hybridized carbons (Fsp3) is 0.350. The zero-order valence-corrected chi connectivity index (χ0v) is 19.4. The van der Waals surface area contributed by atoms with Crippen molar-refractivity contribution in [1.82, 2.24) is 10.6 Å². The third-order valence-electron chi connectivity index (χ3n) is 4.37. The van der Waals surface area contributed by atoms with Crippen LogP contribution in [0.15, 0.2) is 53.5 Å². The number of thioether (sulfide) groups is 1. The van der Waals surface area contributed by atoms with E-state index in [0.29, 0.717) is 6.54 Å². The number of hydrogen-bond donors (Lipinski definition) is 2. The number of halogens is 2. The monoisotopic (exact) mass is 516 g/mol. The highest BCUT2D eigenvalue weighted by atomic mass is 127. The smallest absolute Gasteiger partial charge is 0.191 e. The fourth-order valence-electron chi connectivity index (χ4n) is 2.84. The van der Waals surface area contributed by atoms with Crippen LogP contribution in [0.4, 0.5) is 5.69 Å². The molecule has 0 spiro atoms. The van der Waals surface area contributed by atoms with Gasteiger partial charge >= 0.3 is 0 Å². The summed E-state index contributed by atoms with van der Waals surface area (Å²) in [6.07, 6.45) is 0. The van der Waals surface area contributed by atoms with Gasteiger partial charge in [0, 0.05) is 55.4 Å². The molecule has 0 atom stereocenters. The minimum atomic E-state index is 0. The lowest BCUT2D eigenvalue weighted by molar-refractivity contribution is 0.808. The van der Waals surface area contributed by atoms with Gasteiger partial charge in [-0.25, -0.2) is 0 Å². The molecule has 2 aromatic carbocycles. The molecular formula is C20H26ClIN4S. The molecule has 7 heteroatoms. The van der Waals surface area contributed by atoms with E-state index in [0.717, 1.165) is 30.6 Å². The molecule has 1 heterocycles. The molecule has 1 fully saturated rings. The highest BCUT2D eigenvalue weighted by Gasteiger charge is 2.10. The molecule has 146 valence electrons. The molecule has 0 saturated carbocycles. The van der Waals surface area contributed by atoms with Crippen molar-refractivity contribution >= 4 is 59.0 Å². The number of hydrogen-bond acceptors (Lipinski definition) is 3. The molecule has 0 aromatic heterocycles. The zero-order valence-electron chi connectivity index (χ0n) is 15.5. The van der Waals surface area contributed by atoms with Crippen molar-refractivity contribution in [2.75, 3.05) is 36.5 Å². The van der Waals surface area contributed by atoms with Crippen molar-refractivity contribution in [3.05, 3.63) is 64.7 Å². The predicted molar refractivity (Wildman–Crippen MR) is 130 cm³/mol. The van der Waals surface area contributed by atoms with E-state index >= 15 is 0 Å². The minimum absolute atomic E-state index is 0. The van der Waals surface area contributed by atoms with Crippen molar-refractivity contribution in [3.8, 4) is 0 Å². The summed E-state index contributed by atoms with van der Waals surface area (Å²) in [4.78, 5) is 6.74. The number of benzene rings is 2. The van der Waals surface area contributed by atoms with Gasteiger partial charge in [-0.05, 0) is 35.4 Å². The van der Waals surface area contributed by atoms with Crippen LogP contribution in [0.1, 0.15) is 11.1 Å². The zero-order chi connectivity index (χ0) is 18.2. The topological polar surface area (TPSA) is 39.7 Å². The summed E-state index contributed by atoms with van der Waals surface area (Å²) in [7, 11) is 1.79. The molecule has 0 radical (unpaired) electrons. The van der Waals surface area contributed by atoms with Crippen molar-refractivity contribution < 1.29 is 0 Å². The summed E-state index contributed by atoms with van der Waals surface area (Å²) >= 11 is 7.95. The number of rotatable bonds is 5. The van der Waals surface area contributed by atoms with E-state index in [1.54, 1.807) is 7.05 Å². The number of nitrogens with one attached hydrogen (secondary N) is 2. The van der Waals surface area contributed by atoms with Crippen LogP contribution in [0.2, 0.25) is 5.02 Å². The van der Waals surface area contributed by atoms with E-state index in [1.165, 1.54) is 28.3 Å². The van der Waals surface area contributed by atoms with E-state index in [2.05, 4.69) is 44.8 Å². The van der Waals surface area contributed by atoms with Gasteiger partial charge < -0.3 is 15.5 Å². The molecule has 1 aliphatic rings. The van der Waals surface area contributed by atoms with Gasteiger partial charge in [0.15, 0.2) is 5.96 Å². The Hall–Kier alpha value is -1.12. The van der Waals surface area contributed by atoms with Crippen LogP contribution in [-0.2, 0) is 13.1 Å². The third kappa shape index (κ3) is 7.08. The van der Waals surface area contributed by atoms with Gasteiger partial charge in [-0.15, -0.1) is 24.0 Å². The second-order valence-corrected chi connectivity index (χ2v) is 7.83. The molecule has 0 aliphatic carbocycles. The Morgan fingerprint density at radius 2 is 1.48 bits per heavy atom. The second-order valence-electron chi connectivity index (χ2n) is 6.17. The van der Waals surface area contributed by atoms with E-state index in [-0.39, 0.29) is 24.0 Å². The molecule has 0 amide bonds. The summed E-state index contributed by atoms with van der Waals surface area (Å²) in [5, 5.41) is 7.44. The molecule has 4 nitrogen and oxygen atoms in total. The summed E-state index contributed by atoms with van der Waals surface area (Å²) in [6.45, 7) is 3.74. The summed E-state index contributed by atoms with van der Waals surface area (Å²) in [5.74, 6) is 3.23. The first kappa shape index (κ1) is 22.2. The highest BCUT2D eigenvalue weighted by Crippen LogP contribution is 2.19. The van der Waals surface area contributed by atoms with Gasteiger partial charge in [0.25, 0.3) is 0 Å². The maximum atomic E-state index is 5.92. The van der Waals surface area contributed by atoms with Crippen LogP contribution < -0.4 is 15.5 Å². The standard InChI is InChI=1S/C20H25ClN4S.HI/c1-22-20(23-14-16-2-6-18(21)7-3-16)24-15-17-4-8-19(9-5-17)25-10-12-26-13-11-25;/h2-9H,10-15H2,1H3,(H2,22,23,24);1H. The average molecular weight is 517 g/mol. The van der Waals surface area contributed by atoms with Gasteiger partial charge in [0.2, 0.25) is 0 Å². The summed E-state index contributed by atoms with van der Waals surface area (Å²) in [5.41, 5.74) is 3.73. The van der Waals surface area contributed by atoms with Crippen LogP contribution >= 0.6 is 47.3 Å². The van der Waals surface area contributed by atoms with Gasteiger partial charge in [0.05, 0.1) is 0 Å². The van der Waals surface area contributed by atoms with Crippen molar-refractivity contribution in [1.29, 1.82) is 0 Å². The molecule has 0 unspecified atom stereocenters. The molecule has 2 aromatic rings. The second kappa shape index (κ2) is 11.7. The first-order valence-electron chi connectivity index (χ1n) is 8.85. The molecule has 1 aliphatic heterocycles. The summed E-state index contributed by atoms with van der Waals surface area (Å²) < 4.78 is 0. The third-order valence-corrected chi connectivity index (χ3v) is 5.56. The van der Waals surface area contributed by atoms with Crippen LogP contribution in [-0.4, -0.2) is 37.6 Å². The van der Waals surface area contributed by atoms with Crippen LogP contribution in [0.5, 0.6) is 0 Å².